The second kappa shape index (κ2) is 7.45. The maximum Gasteiger partial charge on any atom is 0.573 e. The van der Waals surface area contributed by atoms with Gasteiger partial charge in [-0.3, -0.25) is 4.79 Å². The number of fused-ring (bicyclic) bond motifs is 1. The van der Waals surface area contributed by atoms with E-state index >= 15 is 0 Å². The number of benzene rings is 1. The van der Waals surface area contributed by atoms with Gasteiger partial charge in [-0.15, -0.1) is 13.2 Å². The van der Waals surface area contributed by atoms with Crippen LogP contribution in [0.2, 0.25) is 0 Å². The van der Waals surface area contributed by atoms with Gasteiger partial charge in [0.1, 0.15) is 5.75 Å². The molecule has 1 aromatic carbocycles. The van der Waals surface area contributed by atoms with Crippen LogP contribution < -0.4 is 4.74 Å². The Labute approximate surface area is 169 Å². The van der Waals surface area contributed by atoms with Gasteiger partial charge in [0.05, 0.1) is 18.0 Å². The highest BCUT2D eigenvalue weighted by Crippen LogP contribution is 2.34. The number of rotatable bonds is 5. The van der Waals surface area contributed by atoms with Crippen LogP contribution in [-0.4, -0.2) is 50.1 Å². The Morgan fingerprint density at radius 1 is 1.27 bits per heavy atom. The number of alkyl halides is 3. The number of aliphatic hydroxyl groups is 1. The summed E-state index contributed by atoms with van der Waals surface area (Å²) in [5.74, 6) is -0.569. The molecule has 1 aliphatic rings. The Bertz CT molecular complexity index is 1100. The molecule has 0 unspecified atom stereocenters. The van der Waals surface area contributed by atoms with E-state index in [1.165, 1.54) is 41.2 Å². The summed E-state index contributed by atoms with van der Waals surface area (Å²) < 4.78 is 42.6. The summed E-state index contributed by atoms with van der Waals surface area (Å²) in [5.41, 5.74) is 2.26. The third-order valence-corrected chi connectivity index (χ3v) is 4.92. The predicted molar refractivity (Wildman–Crippen MR) is 101 cm³/mol. The van der Waals surface area contributed by atoms with E-state index in [0.29, 0.717) is 41.1 Å². The number of aromatic nitrogens is 3. The van der Waals surface area contributed by atoms with Crippen molar-refractivity contribution in [2.24, 2.45) is 0 Å². The second-order valence-electron chi connectivity index (χ2n) is 6.81. The monoisotopic (exact) mass is 418 g/mol. The average molecular weight is 418 g/mol. The van der Waals surface area contributed by atoms with Crippen molar-refractivity contribution in [1.82, 2.24) is 19.7 Å². The Kier molecular flexibility index (Phi) is 4.94. The molecule has 0 atom stereocenters. The first-order valence-electron chi connectivity index (χ1n) is 9.05. The molecule has 1 fully saturated rings. The molecule has 0 spiro atoms. The number of carbonyl (C=O) groups excluding carboxylic acids is 1. The molecule has 3 aromatic rings. The van der Waals surface area contributed by atoms with Gasteiger partial charge in [0.25, 0.3) is 0 Å². The van der Waals surface area contributed by atoms with Gasteiger partial charge in [-0.1, -0.05) is 6.58 Å². The third-order valence-electron chi connectivity index (χ3n) is 4.92. The standard InChI is InChI=1S/C20H17F3N4O3/c1-2-16(29)26-9-13(10-26)18-17-12(11-28)7-8-24-19(17)27(25-18)14-3-5-15(6-4-14)30-20(21,22)23/h2-8,13,28H,1,9-11H2. The van der Waals surface area contributed by atoms with Crippen LogP contribution in [0.25, 0.3) is 16.7 Å². The lowest BCUT2D eigenvalue weighted by Gasteiger charge is -2.37. The normalized spacial score (nSPS) is 14.6. The molecule has 0 aliphatic carbocycles. The fourth-order valence-corrected chi connectivity index (χ4v) is 3.48. The van der Waals surface area contributed by atoms with Crippen molar-refractivity contribution in [2.45, 2.75) is 18.9 Å². The molecule has 4 rings (SSSR count). The zero-order valence-corrected chi connectivity index (χ0v) is 15.6. The van der Waals surface area contributed by atoms with Gasteiger partial charge in [0.2, 0.25) is 5.91 Å². The molecule has 10 heteroatoms. The van der Waals surface area contributed by atoms with E-state index in [0.717, 1.165) is 0 Å². The number of pyridine rings is 1. The quantitative estimate of drug-likeness (QED) is 0.645. The van der Waals surface area contributed by atoms with E-state index in [-0.39, 0.29) is 24.2 Å². The summed E-state index contributed by atoms with van der Waals surface area (Å²) in [4.78, 5) is 17.7. The number of aliphatic hydroxyl groups excluding tert-OH is 1. The van der Waals surface area contributed by atoms with Gasteiger partial charge >= 0.3 is 6.36 Å². The molecule has 0 saturated carbocycles. The van der Waals surface area contributed by atoms with E-state index in [4.69, 9.17) is 0 Å². The van der Waals surface area contributed by atoms with Gasteiger partial charge in [-0.2, -0.15) is 5.10 Å². The summed E-state index contributed by atoms with van der Waals surface area (Å²) in [5, 5.41) is 15.1. The number of halogens is 3. The minimum atomic E-state index is -4.77. The lowest BCUT2D eigenvalue weighted by Crippen LogP contribution is -2.48. The van der Waals surface area contributed by atoms with Crippen molar-refractivity contribution >= 4 is 16.9 Å². The Balaban J connectivity index is 1.73. The summed E-state index contributed by atoms with van der Waals surface area (Å²) in [6, 6.07) is 6.96. The number of hydrogen-bond acceptors (Lipinski definition) is 5. The Morgan fingerprint density at radius 3 is 2.57 bits per heavy atom. The summed E-state index contributed by atoms with van der Waals surface area (Å²) in [6.07, 6.45) is -1.99. The van der Waals surface area contributed by atoms with E-state index < -0.39 is 6.36 Å². The number of nitrogens with zero attached hydrogens (tertiary/aromatic N) is 4. The molecule has 1 saturated heterocycles. The second-order valence-corrected chi connectivity index (χ2v) is 6.81. The minimum absolute atomic E-state index is 0.0556. The van der Waals surface area contributed by atoms with E-state index in [1.807, 2.05) is 0 Å². The number of carbonyl (C=O) groups is 1. The largest absolute Gasteiger partial charge is 0.573 e. The molecule has 0 bridgehead atoms. The SMILES string of the molecule is C=CC(=O)N1CC(c2nn(-c3ccc(OC(F)(F)F)cc3)c3nccc(CO)c23)C1. The van der Waals surface area contributed by atoms with E-state index in [1.54, 1.807) is 11.0 Å². The first kappa shape index (κ1) is 19.9. The van der Waals surface area contributed by atoms with Crippen molar-refractivity contribution in [3.63, 3.8) is 0 Å². The molecule has 30 heavy (non-hydrogen) atoms. The van der Waals surface area contributed by atoms with E-state index in [9.17, 15) is 23.1 Å². The number of likely N-dealkylation sites (tertiary alicyclic amines) is 1. The highest BCUT2D eigenvalue weighted by molar-refractivity contribution is 5.89. The zero-order chi connectivity index (χ0) is 21.5. The smallest absolute Gasteiger partial charge is 0.406 e. The van der Waals surface area contributed by atoms with Gasteiger partial charge < -0.3 is 14.7 Å². The predicted octanol–water partition coefficient (Wildman–Crippen LogP) is 2.92. The molecule has 7 nitrogen and oxygen atoms in total. The maximum absolute atomic E-state index is 12.4. The molecular formula is C20H17F3N4O3. The highest BCUT2D eigenvalue weighted by atomic mass is 19.4. The van der Waals surface area contributed by atoms with Crippen LogP contribution in [0.15, 0.2) is 49.2 Å². The van der Waals surface area contributed by atoms with Crippen LogP contribution in [0, 0.1) is 0 Å². The molecule has 156 valence electrons. The van der Waals surface area contributed by atoms with Crippen LogP contribution in [0.1, 0.15) is 17.2 Å². The fourth-order valence-electron chi connectivity index (χ4n) is 3.48. The molecule has 1 N–H and O–H groups in total. The van der Waals surface area contributed by atoms with Crippen molar-refractivity contribution in [2.75, 3.05) is 13.1 Å². The molecular weight excluding hydrogens is 401 g/mol. The Hall–Kier alpha value is -3.40. The summed E-state index contributed by atoms with van der Waals surface area (Å²) >= 11 is 0. The van der Waals surface area contributed by atoms with Crippen LogP contribution in [0.3, 0.4) is 0 Å². The Morgan fingerprint density at radius 2 is 1.97 bits per heavy atom. The number of amides is 1. The molecule has 3 heterocycles. The van der Waals surface area contributed by atoms with Crippen LogP contribution >= 0.6 is 0 Å². The van der Waals surface area contributed by atoms with Crippen LogP contribution in [0.4, 0.5) is 13.2 Å². The average Bonchev–Trinajstić information content (AvgIpc) is 3.05. The topological polar surface area (TPSA) is 80.5 Å². The first-order valence-corrected chi connectivity index (χ1v) is 9.05. The summed E-state index contributed by atoms with van der Waals surface area (Å²) in [6.45, 7) is 4.16. The molecule has 1 amide bonds. The van der Waals surface area contributed by atoms with Gasteiger partial charge in [-0.25, -0.2) is 9.67 Å². The van der Waals surface area contributed by atoms with Gasteiger partial charge in [0.15, 0.2) is 5.65 Å². The molecule has 2 aromatic heterocycles. The number of hydrogen-bond donors (Lipinski definition) is 1. The molecule has 1 aliphatic heterocycles. The fraction of sp³-hybridized carbons (Fsp3) is 0.250. The van der Waals surface area contributed by atoms with Crippen molar-refractivity contribution < 1.29 is 27.8 Å². The van der Waals surface area contributed by atoms with E-state index in [2.05, 4.69) is 21.4 Å². The number of ether oxygens (including phenoxy) is 1. The molecule has 0 radical (unpaired) electrons. The highest BCUT2D eigenvalue weighted by Gasteiger charge is 2.35. The minimum Gasteiger partial charge on any atom is -0.406 e. The maximum atomic E-state index is 12.4. The zero-order valence-electron chi connectivity index (χ0n) is 15.6. The third kappa shape index (κ3) is 3.61. The van der Waals surface area contributed by atoms with Gasteiger partial charge in [-0.05, 0) is 42.0 Å². The lowest BCUT2D eigenvalue weighted by molar-refractivity contribution is -0.274. The first-order chi connectivity index (χ1) is 14.3. The van der Waals surface area contributed by atoms with Crippen LogP contribution in [-0.2, 0) is 11.4 Å². The van der Waals surface area contributed by atoms with Gasteiger partial charge in [0, 0.05) is 30.6 Å². The van der Waals surface area contributed by atoms with Crippen molar-refractivity contribution in [1.29, 1.82) is 0 Å². The lowest BCUT2D eigenvalue weighted by atomic mass is 9.93. The summed E-state index contributed by atoms with van der Waals surface area (Å²) in [7, 11) is 0. The van der Waals surface area contributed by atoms with Crippen molar-refractivity contribution in [3.05, 3.63) is 60.4 Å². The van der Waals surface area contributed by atoms with Crippen LogP contribution in [0.5, 0.6) is 5.75 Å². The van der Waals surface area contributed by atoms with Crippen molar-refractivity contribution in [3.8, 4) is 11.4 Å².